The third-order valence-corrected chi connectivity index (χ3v) is 3.85. The Balaban J connectivity index is 1.76. The summed E-state index contributed by atoms with van der Waals surface area (Å²) in [5.74, 6) is 0.726. The highest BCUT2D eigenvalue weighted by atomic mass is 14.9. The predicted octanol–water partition coefficient (Wildman–Crippen LogP) is 3.44. The zero-order valence-corrected chi connectivity index (χ0v) is 11.7. The van der Waals surface area contributed by atoms with Gasteiger partial charge >= 0.3 is 0 Å². The highest BCUT2D eigenvalue weighted by Gasteiger charge is 2.17. The van der Waals surface area contributed by atoms with E-state index in [-0.39, 0.29) is 0 Å². The fourth-order valence-corrected chi connectivity index (χ4v) is 2.63. The molecule has 2 unspecified atom stereocenters. The van der Waals surface area contributed by atoms with Crippen LogP contribution < -0.4 is 10.6 Å². The molecule has 1 aliphatic heterocycles. The first-order valence-electron chi connectivity index (χ1n) is 7.34. The average molecular weight is 246 g/mol. The fraction of sp³-hybridized carbons (Fsp3) is 0.625. The Labute approximate surface area is 111 Å². The van der Waals surface area contributed by atoms with Crippen molar-refractivity contribution in [2.45, 2.75) is 45.6 Å². The smallest absolute Gasteiger partial charge is 0.0372 e. The Morgan fingerprint density at radius 2 is 2.22 bits per heavy atom. The molecular formula is C16H26N2. The molecule has 0 amide bonds. The Kier molecular flexibility index (Phi) is 5.06. The van der Waals surface area contributed by atoms with Crippen LogP contribution in [0.1, 0.15) is 38.7 Å². The lowest BCUT2D eigenvalue weighted by Crippen LogP contribution is -2.36. The second-order valence-electron chi connectivity index (χ2n) is 5.56. The van der Waals surface area contributed by atoms with Gasteiger partial charge in [-0.25, -0.2) is 0 Å². The van der Waals surface area contributed by atoms with Crippen molar-refractivity contribution >= 4 is 5.69 Å². The van der Waals surface area contributed by atoms with E-state index in [4.69, 9.17) is 0 Å². The molecule has 0 aromatic heterocycles. The minimum absolute atomic E-state index is 0.655. The van der Waals surface area contributed by atoms with Crippen LogP contribution in [-0.2, 0) is 6.42 Å². The quantitative estimate of drug-likeness (QED) is 0.803. The van der Waals surface area contributed by atoms with Crippen LogP contribution in [0.25, 0.3) is 0 Å². The maximum atomic E-state index is 3.68. The third-order valence-electron chi connectivity index (χ3n) is 3.85. The van der Waals surface area contributed by atoms with E-state index < -0.39 is 0 Å². The highest BCUT2D eigenvalue weighted by Crippen LogP contribution is 2.23. The molecule has 2 heteroatoms. The summed E-state index contributed by atoms with van der Waals surface area (Å²) in [4.78, 5) is 0. The monoisotopic (exact) mass is 246 g/mol. The number of hydrogen-bond acceptors (Lipinski definition) is 2. The van der Waals surface area contributed by atoms with Crippen molar-refractivity contribution in [3.63, 3.8) is 0 Å². The lowest BCUT2D eigenvalue weighted by Gasteiger charge is -2.27. The van der Waals surface area contributed by atoms with Crippen molar-refractivity contribution in [1.82, 2.24) is 5.32 Å². The molecule has 0 radical (unpaired) electrons. The molecule has 0 fully saturated rings. The summed E-state index contributed by atoms with van der Waals surface area (Å²) < 4.78 is 0. The van der Waals surface area contributed by atoms with Crippen molar-refractivity contribution in [2.75, 3.05) is 18.4 Å². The van der Waals surface area contributed by atoms with E-state index in [1.807, 2.05) is 0 Å². The molecule has 1 aliphatic rings. The summed E-state index contributed by atoms with van der Waals surface area (Å²) in [7, 11) is 0. The van der Waals surface area contributed by atoms with Gasteiger partial charge in [-0.1, -0.05) is 38.0 Å². The Hall–Kier alpha value is -1.02. The minimum Gasteiger partial charge on any atom is -0.384 e. The van der Waals surface area contributed by atoms with Crippen LogP contribution in [0, 0.1) is 5.92 Å². The molecule has 1 aromatic carbocycles. The molecule has 0 saturated carbocycles. The standard InChI is InChI=1S/C16H26N2/c1-3-4-7-13(2)17-11-14-10-15-8-5-6-9-16(15)18-12-14/h5-6,8-9,13-14,17-18H,3-4,7,10-12H2,1-2H3. The number of benzene rings is 1. The molecule has 2 N–H and O–H groups in total. The Morgan fingerprint density at radius 1 is 1.39 bits per heavy atom. The first-order valence-corrected chi connectivity index (χ1v) is 7.34. The van der Waals surface area contributed by atoms with Crippen LogP contribution >= 0.6 is 0 Å². The molecule has 0 bridgehead atoms. The number of unbranched alkanes of at least 4 members (excludes halogenated alkanes) is 1. The number of rotatable bonds is 6. The van der Waals surface area contributed by atoms with Gasteiger partial charge in [0.05, 0.1) is 0 Å². The van der Waals surface area contributed by atoms with Gasteiger partial charge in [-0.05, 0) is 37.3 Å². The summed E-state index contributed by atoms with van der Waals surface area (Å²) in [5.41, 5.74) is 2.80. The number of nitrogens with one attached hydrogen (secondary N) is 2. The first kappa shape index (κ1) is 13.4. The van der Waals surface area contributed by atoms with E-state index in [0.29, 0.717) is 6.04 Å². The predicted molar refractivity (Wildman–Crippen MR) is 79.1 cm³/mol. The van der Waals surface area contributed by atoms with Gasteiger partial charge in [0.2, 0.25) is 0 Å². The second kappa shape index (κ2) is 6.79. The number of para-hydroxylation sites is 1. The van der Waals surface area contributed by atoms with Crippen molar-refractivity contribution in [3.8, 4) is 0 Å². The lowest BCUT2D eigenvalue weighted by atomic mass is 9.93. The van der Waals surface area contributed by atoms with Crippen LogP contribution in [0.5, 0.6) is 0 Å². The molecule has 2 atom stereocenters. The van der Waals surface area contributed by atoms with Crippen LogP contribution in [0.3, 0.4) is 0 Å². The van der Waals surface area contributed by atoms with Crippen LogP contribution in [0.15, 0.2) is 24.3 Å². The van der Waals surface area contributed by atoms with Crippen LogP contribution in [-0.4, -0.2) is 19.1 Å². The normalized spacial score (nSPS) is 20.0. The SMILES string of the molecule is CCCCC(C)NCC1CNc2ccccc2C1. The largest absolute Gasteiger partial charge is 0.384 e. The van der Waals surface area contributed by atoms with Crippen molar-refractivity contribution in [1.29, 1.82) is 0 Å². The molecule has 18 heavy (non-hydrogen) atoms. The van der Waals surface area contributed by atoms with Crippen molar-refractivity contribution in [3.05, 3.63) is 29.8 Å². The van der Waals surface area contributed by atoms with E-state index in [0.717, 1.165) is 19.0 Å². The summed E-state index contributed by atoms with van der Waals surface area (Å²) in [5, 5.41) is 7.22. The zero-order valence-electron chi connectivity index (χ0n) is 11.7. The van der Waals surface area contributed by atoms with E-state index in [1.54, 1.807) is 0 Å². The number of fused-ring (bicyclic) bond motifs is 1. The zero-order chi connectivity index (χ0) is 12.8. The molecule has 100 valence electrons. The highest BCUT2D eigenvalue weighted by molar-refractivity contribution is 5.53. The average Bonchev–Trinajstić information content (AvgIpc) is 2.42. The molecule has 0 spiro atoms. The topological polar surface area (TPSA) is 24.1 Å². The molecule has 0 aliphatic carbocycles. The second-order valence-corrected chi connectivity index (χ2v) is 5.56. The van der Waals surface area contributed by atoms with Gasteiger partial charge in [-0.3, -0.25) is 0 Å². The van der Waals surface area contributed by atoms with Crippen molar-refractivity contribution < 1.29 is 0 Å². The Morgan fingerprint density at radius 3 is 3.06 bits per heavy atom. The number of anilines is 1. The van der Waals surface area contributed by atoms with Gasteiger partial charge < -0.3 is 10.6 Å². The minimum atomic E-state index is 0.655. The van der Waals surface area contributed by atoms with Crippen LogP contribution in [0.4, 0.5) is 5.69 Å². The lowest BCUT2D eigenvalue weighted by molar-refractivity contribution is 0.422. The maximum Gasteiger partial charge on any atom is 0.0372 e. The Bertz CT molecular complexity index is 362. The van der Waals surface area contributed by atoms with E-state index in [1.165, 1.54) is 36.9 Å². The molecule has 1 aromatic rings. The van der Waals surface area contributed by atoms with E-state index in [2.05, 4.69) is 48.7 Å². The summed E-state index contributed by atoms with van der Waals surface area (Å²) >= 11 is 0. The molecular weight excluding hydrogens is 220 g/mol. The number of hydrogen-bond donors (Lipinski definition) is 2. The van der Waals surface area contributed by atoms with Gasteiger partial charge in [-0.2, -0.15) is 0 Å². The molecule has 1 heterocycles. The van der Waals surface area contributed by atoms with Gasteiger partial charge in [0.25, 0.3) is 0 Å². The fourth-order valence-electron chi connectivity index (χ4n) is 2.63. The van der Waals surface area contributed by atoms with Gasteiger partial charge in [0.15, 0.2) is 0 Å². The summed E-state index contributed by atoms with van der Waals surface area (Å²) in [6, 6.07) is 9.33. The van der Waals surface area contributed by atoms with Gasteiger partial charge in [-0.15, -0.1) is 0 Å². The summed E-state index contributed by atoms with van der Waals surface area (Å²) in [6.45, 7) is 6.80. The molecule has 0 saturated heterocycles. The molecule has 2 rings (SSSR count). The van der Waals surface area contributed by atoms with Gasteiger partial charge in [0.1, 0.15) is 0 Å². The molecule has 2 nitrogen and oxygen atoms in total. The van der Waals surface area contributed by atoms with Gasteiger partial charge in [0, 0.05) is 24.8 Å². The van der Waals surface area contributed by atoms with Crippen molar-refractivity contribution in [2.24, 2.45) is 5.92 Å². The first-order chi connectivity index (χ1) is 8.79. The van der Waals surface area contributed by atoms with E-state index in [9.17, 15) is 0 Å². The third kappa shape index (κ3) is 3.74. The van der Waals surface area contributed by atoms with Crippen LogP contribution in [0.2, 0.25) is 0 Å². The van der Waals surface area contributed by atoms with E-state index >= 15 is 0 Å². The summed E-state index contributed by atoms with van der Waals surface area (Å²) in [6.07, 6.45) is 5.13. The maximum absolute atomic E-state index is 3.68.